The standard InChI is InChI=1S/C14H10N6O2S/c21-20(22)12-5-1-3-10(7-12)8-16-19-13(17-18-14(19)23)11-4-2-6-15-9-11/h1-9H,(H,18,23). The second-order valence-electron chi connectivity index (χ2n) is 4.50. The third-order valence-corrected chi connectivity index (χ3v) is 3.24. The molecule has 1 aromatic carbocycles. The lowest BCUT2D eigenvalue weighted by molar-refractivity contribution is -0.384. The molecule has 0 unspecified atom stereocenters. The molecule has 0 atom stereocenters. The Morgan fingerprint density at radius 1 is 1.35 bits per heavy atom. The van der Waals surface area contributed by atoms with E-state index in [4.69, 9.17) is 12.2 Å². The van der Waals surface area contributed by atoms with E-state index in [2.05, 4.69) is 20.3 Å². The number of nitrogens with one attached hydrogen (secondary N) is 1. The third-order valence-electron chi connectivity index (χ3n) is 2.97. The lowest BCUT2D eigenvalue weighted by Gasteiger charge is -2.00. The molecule has 2 aromatic heterocycles. The summed E-state index contributed by atoms with van der Waals surface area (Å²) in [5.41, 5.74) is 1.33. The van der Waals surface area contributed by atoms with Gasteiger partial charge in [-0.2, -0.15) is 14.9 Å². The second-order valence-corrected chi connectivity index (χ2v) is 4.89. The van der Waals surface area contributed by atoms with Crippen LogP contribution in [0.5, 0.6) is 0 Å². The van der Waals surface area contributed by atoms with Gasteiger partial charge in [0.2, 0.25) is 4.77 Å². The van der Waals surface area contributed by atoms with Crippen LogP contribution in [0, 0.1) is 14.9 Å². The smallest absolute Gasteiger partial charge is 0.264 e. The summed E-state index contributed by atoms with van der Waals surface area (Å²) in [6.07, 6.45) is 4.78. The van der Waals surface area contributed by atoms with Gasteiger partial charge in [0, 0.05) is 35.7 Å². The molecule has 0 aliphatic carbocycles. The zero-order valence-corrected chi connectivity index (χ0v) is 12.5. The number of aromatic amines is 1. The predicted molar refractivity (Wildman–Crippen MR) is 86.7 cm³/mol. The molecule has 0 fully saturated rings. The van der Waals surface area contributed by atoms with Gasteiger partial charge < -0.3 is 0 Å². The average Bonchev–Trinajstić information content (AvgIpc) is 2.95. The Kier molecular flexibility index (Phi) is 4.02. The minimum Gasteiger partial charge on any atom is -0.264 e. The van der Waals surface area contributed by atoms with Crippen molar-refractivity contribution in [3.05, 3.63) is 69.2 Å². The average molecular weight is 326 g/mol. The van der Waals surface area contributed by atoms with Crippen molar-refractivity contribution >= 4 is 24.1 Å². The Morgan fingerprint density at radius 3 is 2.96 bits per heavy atom. The van der Waals surface area contributed by atoms with Crippen molar-refractivity contribution in [1.29, 1.82) is 0 Å². The number of nitrogens with zero attached hydrogens (tertiary/aromatic N) is 5. The van der Waals surface area contributed by atoms with E-state index < -0.39 is 4.92 Å². The van der Waals surface area contributed by atoms with E-state index in [0.717, 1.165) is 5.56 Å². The predicted octanol–water partition coefficient (Wildman–Crippen LogP) is 2.79. The summed E-state index contributed by atoms with van der Waals surface area (Å²) in [7, 11) is 0. The molecule has 2 heterocycles. The number of hydrogen-bond acceptors (Lipinski definition) is 6. The third kappa shape index (κ3) is 3.19. The maximum absolute atomic E-state index is 10.8. The van der Waals surface area contributed by atoms with Crippen molar-refractivity contribution < 1.29 is 4.92 Å². The number of hydrogen-bond donors (Lipinski definition) is 1. The van der Waals surface area contributed by atoms with E-state index >= 15 is 0 Å². The van der Waals surface area contributed by atoms with Crippen LogP contribution in [0.4, 0.5) is 5.69 Å². The first-order valence-corrected chi connectivity index (χ1v) is 6.92. The number of benzene rings is 1. The molecular weight excluding hydrogens is 316 g/mol. The highest BCUT2D eigenvalue weighted by molar-refractivity contribution is 7.71. The summed E-state index contributed by atoms with van der Waals surface area (Å²) in [5, 5.41) is 21.8. The fraction of sp³-hybridized carbons (Fsp3) is 0. The first-order valence-electron chi connectivity index (χ1n) is 6.52. The Morgan fingerprint density at radius 2 is 2.22 bits per heavy atom. The minimum absolute atomic E-state index is 0.00257. The fourth-order valence-corrected chi connectivity index (χ4v) is 2.10. The van der Waals surface area contributed by atoms with E-state index in [-0.39, 0.29) is 5.69 Å². The van der Waals surface area contributed by atoms with Gasteiger partial charge in [-0.1, -0.05) is 12.1 Å². The number of nitro groups is 1. The number of aromatic nitrogens is 4. The van der Waals surface area contributed by atoms with Crippen molar-refractivity contribution in [2.75, 3.05) is 0 Å². The number of rotatable bonds is 4. The van der Waals surface area contributed by atoms with Crippen molar-refractivity contribution in [3.63, 3.8) is 0 Å². The molecule has 9 heteroatoms. The van der Waals surface area contributed by atoms with E-state index in [1.807, 2.05) is 6.07 Å². The van der Waals surface area contributed by atoms with Gasteiger partial charge in [0.05, 0.1) is 11.1 Å². The summed E-state index contributed by atoms with van der Waals surface area (Å²) in [4.78, 5) is 14.4. The summed E-state index contributed by atoms with van der Waals surface area (Å²) in [5.74, 6) is 0.504. The van der Waals surface area contributed by atoms with E-state index in [0.29, 0.717) is 16.2 Å². The van der Waals surface area contributed by atoms with Crippen molar-refractivity contribution in [2.24, 2.45) is 5.10 Å². The van der Waals surface area contributed by atoms with Crippen LogP contribution in [0.1, 0.15) is 5.56 Å². The molecule has 0 bridgehead atoms. The van der Waals surface area contributed by atoms with Crippen molar-refractivity contribution in [1.82, 2.24) is 19.9 Å². The highest BCUT2D eigenvalue weighted by atomic mass is 32.1. The van der Waals surface area contributed by atoms with Crippen LogP contribution in [0.2, 0.25) is 0 Å². The van der Waals surface area contributed by atoms with Crippen molar-refractivity contribution in [2.45, 2.75) is 0 Å². The number of nitro benzene ring substituents is 1. The summed E-state index contributed by atoms with van der Waals surface area (Å²) < 4.78 is 1.75. The maximum Gasteiger partial charge on any atom is 0.270 e. The monoisotopic (exact) mass is 326 g/mol. The normalized spacial score (nSPS) is 11.0. The molecule has 3 rings (SSSR count). The highest BCUT2D eigenvalue weighted by Gasteiger charge is 2.08. The quantitative estimate of drug-likeness (QED) is 0.344. The van der Waals surface area contributed by atoms with Crippen LogP contribution in [0.3, 0.4) is 0 Å². The van der Waals surface area contributed by atoms with E-state index in [1.54, 1.807) is 30.6 Å². The second kappa shape index (κ2) is 6.28. The molecule has 0 spiro atoms. The maximum atomic E-state index is 10.8. The first-order chi connectivity index (χ1) is 11.1. The largest absolute Gasteiger partial charge is 0.270 e. The van der Waals surface area contributed by atoms with Gasteiger partial charge in [-0.3, -0.25) is 15.1 Å². The van der Waals surface area contributed by atoms with Gasteiger partial charge >= 0.3 is 0 Å². The SMILES string of the molecule is O=[N+]([O-])c1cccc(C=Nn2c(-c3cccnc3)n[nH]c2=S)c1. The molecule has 1 N–H and O–H groups in total. The molecule has 0 saturated carbocycles. The molecule has 0 aliphatic rings. The molecule has 3 aromatic rings. The fourth-order valence-electron chi connectivity index (χ4n) is 1.92. The van der Waals surface area contributed by atoms with Gasteiger partial charge in [0.25, 0.3) is 5.69 Å². The van der Waals surface area contributed by atoms with E-state index in [1.165, 1.54) is 23.0 Å². The van der Waals surface area contributed by atoms with Gasteiger partial charge in [0.1, 0.15) is 0 Å². The lowest BCUT2D eigenvalue weighted by Crippen LogP contribution is -1.96. The number of H-pyrrole nitrogens is 1. The van der Waals surface area contributed by atoms with Crippen LogP contribution in [-0.4, -0.2) is 31.0 Å². The topological polar surface area (TPSA) is 102 Å². The van der Waals surface area contributed by atoms with Crippen molar-refractivity contribution in [3.8, 4) is 11.4 Å². The highest BCUT2D eigenvalue weighted by Crippen LogP contribution is 2.16. The van der Waals surface area contributed by atoms with Gasteiger partial charge in [-0.25, -0.2) is 5.10 Å². The summed E-state index contributed by atoms with van der Waals surface area (Å²) >= 11 is 5.16. The van der Waals surface area contributed by atoms with Gasteiger partial charge in [0.15, 0.2) is 5.82 Å². The van der Waals surface area contributed by atoms with Crippen LogP contribution in [0.15, 0.2) is 53.9 Å². The van der Waals surface area contributed by atoms with Crippen LogP contribution < -0.4 is 0 Å². The Bertz CT molecular complexity index is 932. The molecule has 0 radical (unpaired) electrons. The van der Waals surface area contributed by atoms with E-state index in [9.17, 15) is 10.1 Å². The molecule has 23 heavy (non-hydrogen) atoms. The Labute approximate surface area is 135 Å². The Hall–Kier alpha value is -3.20. The van der Waals surface area contributed by atoms with Gasteiger partial charge in [-0.05, 0) is 24.4 Å². The lowest BCUT2D eigenvalue weighted by atomic mass is 10.2. The molecule has 0 saturated heterocycles. The van der Waals surface area contributed by atoms with Crippen LogP contribution >= 0.6 is 12.2 Å². The van der Waals surface area contributed by atoms with Gasteiger partial charge in [-0.15, -0.1) is 0 Å². The summed E-state index contributed by atoms with van der Waals surface area (Å²) in [6, 6.07) is 9.76. The summed E-state index contributed by atoms with van der Waals surface area (Å²) in [6.45, 7) is 0. The molecule has 0 amide bonds. The minimum atomic E-state index is -0.456. The molecule has 114 valence electrons. The number of non-ortho nitro benzene ring substituents is 1. The van der Waals surface area contributed by atoms with Crippen LogP contribution in [-0.2, 0) is 0 Å². The number of pyridine rings is 1. The first kappa shape index (κ1) is 14.7. The Balaban J connectivity index is 1.98. The van der Waals surface area contributed by atoms with Crippen LogP contribution in [0.25, 0.3) is 11.4 Å². The molecule has 8 nitrogen and oxygen atoms in total. The molecule has 0 aliphatic heterocycles. The zero-order valence-electron chi connectivity index (χ0n) is 11.7. The zero-order chi connectivity index (χ0) is 16.2. The molecular formula is C14H10N6O2S.